The van der Waals surface area contributed by atoms with Crippen molar-refractivity contribution in [1.29, 1.82) is 0 Å². The van der Waals surface area contributed by atoms with E-state index in [2.05, 4.69) is 28.2 Å². The van der Waals surface area contributed by atoms with E-state index in [-0.39, 0.29) is 17.3 Å². The van der Waals surface area contributed by atoms with Crippen LogP contribution in [0.3, 0.4) is 0 Å². The third-order valence-corrected chi connectivity index (χ3v) is 5.83. The van der Waals surface area contributed by atoms with Crippen LogP contribution in [0.4, 0.5) is 4.39 Å². The van der Waals surface area contributed by atoms with E-state index < -0.39 is 0 Å². The minimum atomic E-state index is -0.257. The Morgan fingerprint density at radius 2 is 2.10 bits per heavy atom. The first-order chi connectivity index (χ1) is 10.2. The first-order valence-electron chi connectivity index (χ1n) is 8.01. The third-order valence-electron chi connectivity index (χ3n) is 5.19. The fraction of sp³-hybridized carbons (Fsp3) is 0.647. The van der Waals surface area contributed by atoms with Gasteiger partial charge in [0.1, 0.15) is 17.7 Å². The lowest BCUT2D eigenvalue weighted by Gasteiger charge is -2.57. The van der Waals surface area contributed by atoms with Crippen LogP contribution in [0, 0.1) is 11.2 Å². The van der Waals surface area contributed by atoms with Crippen LogP contribution in [-0.4, -0.2) is 18.7 Å². The molecule has 2 nitrogen and oxygen atoms in total. The number of rotatable bonds is 4. The van der Waals surface area contributed by atoms with Gasteiger partial charge in [-0.3, -0.25) is 0 Å². The minimum Gasteiger partial charge on any atom is -0.490 e. The number of halogens is 2. The smallest absolute Gasteiger partial charge is 0.141 e. The number of ether oxygens (including phenoxy) is 1. The Bertz CT molecular complexity index is 502. The molecule has 1 aromatic carbocycles. The molecule has 0 saturated heterocycles. The third kappa shape index (κ3) is 2.85. The highest BCUT2D eigenvalue weighted by molar-refractivity contribution is 9.10. The Labute approximate surface area is 134 Å². The average Bonchev–Trinajstić information content (AvgIpc) is 2.50. The molecule has 0 heterocycles. The molecule has 0 radical (unpaired) electrons. The average molecular weight is 356 g/mol. The van der Waals surface area contributed by atoms with Gasteiger partial charge in [0.05, 0.1) is 4.47 Å². The molecule has 0 aliphatic heterocycles. The van der Waals surface area contributed by atoms with Crippen molar-refractivity contribution >= 4 is 15.9 Å². The zero-order valence-electron chi connectivity index (χ0n) is 12.5. The zero-order valence-corrected chi connectivity index (χ0v) is 14.1. The van der Waals surface area contributed by atoms with Crippen LogP contribution < -0.4 is 10.1 Å². The van der Waals surface area contributed by atoms with Crippen LogP contribution in [-0.2, 0) is 0 Å². The van der Waals surface area contributed by atoms with Gasteiger partial charge in [-0.15, -0.1) is 0 Å². The maximum absolute atomic E-state index is 13.6. The monoisotopic (exact) mass is 355 g/mol. The summed E-state index contributed by atoms with van der Waals surface area (Å²) in [6, 6.07) is 5.62. The van der Waals surface area contributed by atoms with Gasteiger partial charge in [-0.05, 0) is 47.4 Å². The fourth-order valence-corrected chi connectivity index (χ4v) is 4.29. The molecule has 2 fully saturated rings. The van der Waals surface area contributed by atoms with Gasteiger partial charge in [0.25, 0.3) is 0 Å². The summed E-state index contributed by atoms with van der Waals surface area (Å²) in [4.78, 5) is 0. The van der Waals surface area contributed by atoms with Crippen LogP contribution in [0.1, 0.15) is 45.4 Å². The molecule has 0 amide bonds. The second-order valence-electron chi connectivity index (χ2n) is 6.32. The lowest BCUT2D eigenvalue weighted by atomic mass is 9.55. The van der Waals surface area contributed by atoms with Crippen LogP contribution in [0.25, 0.3) is 0 Å². The number of benzene rings is 1. The summed E-state index contributed by atoms with van der Waals surface area (Å²) >= 11 is 3.19. The van der Waals surface area contributed by atoms with E-state index in [1.807, 2.05) is 6.07 Å². The predicted molar refractivity (Wildman–Crippen MR) is 86.1 cm³/mol. The normalized spacial score (nSPS) is 27.4. The summed E-state index contributed by atoms with van der Waals surface area (Å²) in [5.74, 6) is 0.397. The summed E-state index contributed by atoms with van der Waals surface area (Å²) in [7, 11) is 0. The number of hydrogen-bond donors (Lipinski definition) is 1. The van der Waals surface area contributed by atoms with Crippen molar-refractivity contribution in [3.63, 3.8) is 0 Å². The maximum atomic E-state index is 13.6. The molecule has 21 heavy (non-hydrogen) atoms. The lowest BCUT2D eigenvalue weighted by molar-refractivity contribution is -0.102. The molecule has 2 aliphatic carbocycles. The van der Waals surface area contributed by atoms with Gasteiger partial charge >= 0.3 is 0 Å². The topological polar surface area (TPSA) is 21.3 Å². The molecule has 4 heteroatoms. The van der Waals surface area contributed by atoms with Crippen molar-refractivity contribution in [2.75, 3.05) is 6.54 Å². The Hall–Kier alpha value is -0.610. The Kier molecular flexibility index (Phi) is 4.55. The van der Waals surface area contributed by atoms with Crippen molar-refractivity contribution in [3.8, 4) is 5.75 Å². The van der Waals surface area contributed by atoms with E-state index in [1.165, 1.54) is 38.2 Å². The van der Waals surface area contributed by atoms with Crippen molar-refractivity contribution < 1.29 is 9.13 Å². The number of nitrogens with one attached hydrogen (secondary N) is 1. The SMILES string of the molecule is CCNC1CC(Oc2ccc(Br)c(F)c2)C12CCCCC2. The van der Waals surface area contributed by atoms with Crippen LogP contribution >= 0.6 is 15.9 Å². The molecule has 1 aromatic rings. The zero-order chi connectivity index (χ0) is 14.9. The first kappa shape index (κ1) is 15.3. The van der Waals surface area contributed by atoms with Gasteiger partial charge in [0, 0.05) is 23.9 Å². The second-order valence-corrected chi connectivity index (χ2v) is 7.18. The molecule has 116 valence electrons. The van der Waals surface area contributed by atoms with E-state index >= 15 is 0 Å². The molecular weight excluding hydrogens is 333 g/mol. The van der Waals surface area contributed by atoms with Crippen LogP contribution in [0.2, 0.25) is 0 Å². The molecular formula is C17H23BrFNO. The van der Waals surface area contributed by atoms with E-state index in [9.17, 15) is 4.39 Å². The van der Waals surface area contributed by atoms with Crippen molar-refractivity contribution in [2.24, 2.45) is 5.41 Å². The Balaban J connectivity index is 1.73. The van der Waals surface area contributed by atoms with Gasteiger partial charge in [-0.25, -0.2) is 4.39 Å². The standard InChI is InChI=1S/C17H23BrFNO/c1-2-20-15-11-16(17(15)8-4-3-5-9-17)21-12-6-7-13(18)14(19)10-12/h6-7,10,15-16,20H,2-5,8-9,11H2,1H3. The number of hydrogen-bond acceptors (Lipinski definition) is 2. The summed E-state index contributed by atoms with van der Waals surface area (Å²) in [5.41, 5.74) is 0.262. The molecule has 0 aromatic heterocycles. The van der Waals surface area contributed by atoms with Gasteiger partial charge in [-0.1, -0.05) is 26.2 Å². The Morgan fingerprint density at radius 1 is 1.33 bits per heavy atom. The van der Waals surface area contributed by atoms with Gasteiger partial charge in [0.15, 0.2) is 0 Å². The summed E-state index contributed by atoms with van der Waals surface area (Å²) in [6.07, 6.45) is 7.63. The highest BCUT2D eigenvalue weighted by atomic mass is 79.9. The molecule has 2 saturated carbocycles. The summed E-state index contributed by atoms with van der Waals surface area (Å²) < 4.78 is 20.3. The first-order valence-corrected chi connectivity index (χ1v) is 8.80. The van der Waals surface area contributed by atoms with Crippen LogP contribution in [0.15, 0.2) is 22.7 Å². The summed E-state index contributed by atoms with van der Waals surface area (Å²) in [5, 5.41) is 3.62. The molecule has 2 unspecified atom stereocenters. The second kappa shape index (κ2) is 6.25. The van der Waals surface area contributed by atoms with Crippen molar-refractivity contribution in [3.05, 3.63) is 28.5 Å². The summed E-state index contributed by atoms with van der Waals surface area (Å²) in [6.45, 7) is 3.17. The molecule has 2 atom stereocenters. The lowest BCUT2D eigenvalue weighted by Crippen LogP contribution is -2.65. The highest BCUT2D eigenvalue weighted by Crippen LogP contribution is 2.53. The van der Waals surface area contributed by atoms with E-state index in [0.29, 0.717) is 16.3 Å². The van der Waals surface area contributed by atoms with Crippen molar-refractivity contribution in [1.82, 2.24) is 5.32 Å². The Morgan fingerprint density at radius 3 is 2.76 bits per heavy atom. The predicted octanol–water partition coefficient (Wildman–Crippen LogP) is 4.67. The maximum Gasteiger partial charge on any atom is 0.141 e. The van der Waals surface area contributed by atoms with E-state index in [0.717, 1.165) is 13.0 Å². The molecule has 0 bridgehead atoms. The van der Waals surface area contributed by atoms with Gasteiger partial charge < -0.3 is 10.1 Å². The van der Waals surface area contributed by atoms with Gasteiger partial charge in [-0.2, -0.15) is 0 Å². The quantitative estimate of drug-likeness (QED) is 0.847. The van der Waals surface area contributed by atoms with E-state index in [4.69, 9.17) is 4.74 Å². The largest absolute Gasteiger partial charge is 0.490 e. The minimum absolute atomic E-state index is 0.224. The molecule has 3 rings (SSSR count). The highest BCUT2D eigenvalue weighted by Gasteiger charge is 2.56. The van der Waals surface area contributed by atoms with Gasteiger partial charge in [0.2, 0.25) is 0 Å². The molecule has 1 spiro atoms. The van der Waals surface area contributed by atoms with E-state index in [1.54, 1.807) is 6.07 Å². The molecule has 1 N–H and O–H groups in total. The van der Waals surface area contributed by atoms with Crippen molar-refractivity contribution in [2.45, 2.75) is 57.6 Å². The fourth-order valence-electron chi connectivity index (χ4n) is 4.04. The van der Waals surface area contributed by atoms with Crippen LogP contribution in [0.5, 0.6) is 5.75 Å². The molecule has 2 aliphatic rings.